The van der Waals surface area contributed by atoms with Crippen molar-refractivity contribution in [2.45, 2.75) is 58.2 Å². The van der Waals surface area contributed by atoms with Crippen molar-refractivity contribution in [3.63, 3.8) is 0 Å². The van der Waals surface area contributed by atoms with Crippen LogP contribution in [0.2, 0.25) is 0 Å². The Balaban J connectivity index is 1.40. The fourth-order valence-corrected chi connectivity index (χ4v) is 4.22. The molecule has 1 atom stereocenters. The third kappa shape index (κ3) is 4.59. The highest BCUT2D eigenvalue weighted by atomic mass is 16.3. The number of hydrogen-bond donors (Lipinski definition) is 4. The van der Waals surface area contributed by atoms with Gasteiger partial charge in [-0.25, -0.2) is 4.79 Å². The van der Waals surface area contributed by atoms with Gasteiger partial charge in [-0.2, -0.15) is 0 Å². The van der Waals surface area contributed by atoms with E-state index in [-0.39, 0.29) is 48.9 Å². The lowest BCUT2D eigenvalue weighted by atomic mass is 9.87. The predicted octanol–water partition coefficient (Wildman–Crippen LogP) is 2.77. The molecule has 1 fully saturated rings. The highest BCUT2D eigenvalue weighted by Crippen LogP contribution is 2.35. The lowest BCUT2D eigenvalue weighted by molar-refractivity contribution is -0.136. The fraction of sp³-hybridized carbons (Fsp3) is 0.360. The van der Waals surface area contributed by atoms with Crippen LogP contribution in [0.4, 0.5) is 10.5 Å². The first-order chi connectivity index (χ1) is 16.0. The van der Waals surface area contributed by atoms with Gasteiger partial charge in [0.1, 0.15) is 11.8 Å². The van der Waals surface area contributed by atoms with Gasteiger partial charge in [0.2, 0.25) is 11.8 Å². The van der Waals surface area contributed by atoms with E-state index in [2.05, 4.69) is 36.7 Å². The third-order valence-electron chi connectivity index (χ3n) is 6.22. The number of carbonyl (C=O) groups excluding carboxylic acids is 4. The number of rotatable bonds is 4. The topological polar surface area (TPSA) is 128 Å². The summed E-state index contributed by atoms with van der Waals surface area (Å²) in [6, 6.07) is 9.59. The van der Waals surface area contributed by atoms with E-state index >= 15 is 0 Å². The summed E-state index contributed by atoms with van der Waals surface area (Å²) in [5, 5.41) is 18.5. The van der Waals surface area contributed by atoms with Crippen LogP contribution in [-0.4, -0.2) is 39.8 Å². The summed E-state index contributed by atoms with van der Waals surface area (Å²) in [4.78, 5) is 50.1. The number of aromatic hydroxyl groups is 1. The molecule has 1 unspecified atom stereocenters. The predicted molar refractivity (Wildman–Crippen MR) is 125 cm³/mol. The van der Waals surface area contributed by atoms with Crippen LogP contribution in [0.15, 0.2) is 36.4 Å². The number of phenols is 1. The summed E-state index contributed by atoms with van der Waals surface area (Å²) in [5.74, 6) is -1.32. The minimum Gasteiger partial charge on any atom is -0.507 e. The van der Waals surface area contributed by atoms with Crippen LogP contribution in [0.5, 0.6) is 5.75 Å². The molecule has 34 heavy (non-hydrogen) atoms. The number of fused-ring (bicyclic) bond motifs is 1. The van der Waals surface area contributed by atoms with Crippen molar-refractivity contribution in [3.05, 3.63) is 58.7 Å². The van der Waals surface area contributed by atoms with E-state index < -0.39 is 18.0 Å². The Morgan fingerprint density at radius 3 is 2.47 bits per heavy atom. The molecule has 9 heteroatoms. The van der Waals surface area contributed by atoms with Gasteiger partial charge in [-0.05, 0) is 35.6 Å². The summed E-state index contributed by atoms with van der Waals surface area (Å²) in [7, 11) is 0. The lowest BCUT2D eigenvalue weighted by Crippen LogP contribution is -2.52. The molecule has 9 nitrogen and oxygen atoms in total. The van der Waals surface area contributed by atoms with Crippen molar-refractivity contribution in [2.24, 2.45) is 0 Å². The molecule has 2 aliphatic heterocycles. The lowest BCUT2D eigenvalue weighted by Gasteiger charge is -2.29. The average Bonchev–Trinajstić information content (AvgIpc) is 3.10. The van der Waals surface area contributed by atoms with Crippen LogP contribution in [0, 0.1) is 0 Å². The molecule has 1 saturated heterocycles. The highest BCUT2D eigenvalue weighted by Gasteiger charge is 2.40. The second-order valence-electron chi connectivity index (χ2n) is 9.63. The van der Waals surface area contributed by atoms with Crippen molar-refractivity contribution in [1.29, 1.82) is 0 Å². The molecule has 4 N–H and O–H groups in total. The van der Waals surface area contributed by atoms with E-state index in [4.69, 9.17) is 0 Å². The number of anilines is 1. The number of piperidine rings is 1. The van der Waals surface area contributed by atoms with Crippen molar-refractivity contribution in [3.8, 4) is 5.75 Å². The van der Waals surface area contributed by atoms with Crippen LogP contribution >= 0.6 is 0 Å². The van der Waals surface area contributed by atoms with Gasteiger partial charge in [0, 0.05) is 35.3 Å². The van der Waals surface area contributed by atoms with Crippen LogP contribution < -0.4 is 16.0 Å². The first-order valence-corrected chi connectivity index (χ1v) is 11.2. The van der Waals surface area contributed by atoms with Crippen LogP contribution in [0.3, 0.4) is 0 Å². The minimum atomic E-state index is -0.756. The Kier molecular flexibility index (Phi) is 6.03. The number of hydrogen-bond acceptors (Lipinski definition) is 5. The second-order valence-corrected chi connectivity index (χ2v) is 9.63. The first kappa shape index (κ1) is 23.3. The van der Waals surface area contributed by atoms with Crippen molar-refractivity contribution >= 4 is 29.4 Å². The summed E-state index contributed by atoms with van der Waals surface area (Å²) in [6.45, 7) is 6.46. The molecule has 0 bridgehead atoms. The Labute approximate surface area is 197 Å². The van der Waals surface area contributed by atoms with E-state index in [1.165, 1.54) is 4.90 Å². The average molecular weight is 465 g/mol. The number of nitrogens with zero attached hydrogens (tertiary/aromatic N) is 1. The van der Waals surface area contributed by atoms with E-state index in [9.17, 15) is 24.3 Å². The number of benzene rings is 2. The zero-order valence-electron chi connectivity index (χ0n) is 19.4. The van der Waals surface area contributed by atoms with Gasteiger partial charge in [0.25, 0.3) is 5.91 Å². The van der Waals surface area contributed by atoms with Crippen molar-refractivity contribution < 1.29 is 24.3 Å². The zero-order chi connectivity index (χ0) is 24.6. The number of carbonyl (C=O) groups is 4. The van der Waals surface area contributed by atoms with E-state index in [0.717, 1.165) is 5.56 Å². The van der Waals surface area contributed by atoms with Crippen molar-refractivity contribution in [2.75, 3.05) is 5.32 Å². The second kappa shape index (κ2) is 8.81. The van der Waals surface area contributed by atoms with Gasteiger partial charge >= 0.3 is 6.03 Å². The van der Waals surface area contributed by atoms with Gasteiger partial charge in [-0.1, -0.05) is 39.0 Å². The molecule has 178 valence electrons. The molecule has 0 spiro atoms. The molecule has 0 aliphatic carbocycles. The van der Waals surface area contributed by atoms with E-state index in [0.29, 0.717) is 22.4 Å². The molecule has 5 amide bonds. The summed E-state index contributed by atoms with van der Waals surface area (Å²) in [6.07, 6.45) is 0.405. The van der Waals surface area contributed by atoms with Gasteiger partial charge in [0.05, 0.1) is 6.54 Å². The Morgan fingerprint density at radius 1 is 1.12 bits per heavy atom. The highest BCUT2D eigenvalue weighted by molar-refractivity contribution is 6.05. The van der Waals surface area contributed by atoms with Crippen LogP contribution in [0.25, 0.3) is 0 Å². The number of amides is 5. The maximum atomic E-state index is 12.8. The van der Waals surface area contributed by atoms with Gasteiger partial charge in [-0.15, -0.1) is 0 Å². The standard InChI is InChI=1S/C25H28N4O5/c1-25(2,3)15-5-7-16(8-6-15)27-24(34)26-12-14-4-9-17-18(21(14)31)13-29(23(17)33)19-10-11-20(30)28-22(19)32/h4-9,19,31H,10-13H2,1-3H3,(H2,26,27,34)(H,28,30,32). The maximum absolute atomic E-state index is 12.8. The molecule has 2 aliphatic rings. The fourth-order valence-electron chi connectivity index (χ4n) is 4.22. The molecule has 0 radical (unpaired) electrons. The molecule has 2 aromatic carbocycles. The zero-order valence-corrected chi connectivity index (χ0v) is 19.4. The monoisotopic (exact) mass is 464 g/mol. The largest absolute Gasteiger partial charge is 0.507 e. The summed E-state index contributed by atoms with van der Waals surface area (Å²) in [5.41, 5.74) is 2.99. The Morgan fingerprint density at radius 2 is 1.82 bits per heavy atom. The quantitative estimate of drug-likeness (QED) is 0.518. The molecule has 0 saturated carbocycles. The molecular formula is C25H28N4O5. The summed E-state index contributed by atoms with van der Waals surface area (Å²) < 4.78 is 0. The summed E-state index contributed by atoms with van der Waals surface area (Å²) >= 11 is 0. The van der Waals surface area contributed by atoms with Crippen LogP contribution in [0.1, 0.15) is 60.7 Å². The van der Waals surface area contributed by atoms with E-state index in [1.54, 1.807) is 12.1 Å². The van der Waals surface area contributed by atoms with Crippen LogP contribution in [-0.2, 0) is 28.1 Å². The van der Waals surface area contributed by atoms with Gasteiger partial charge in [-0.3, -0.25) is 19.7 Å². The molecule has 2 aromatic rings. The minimum absolute atomic E-state index is 0.0149. The van der Waals surface area contributed by atoms with Crippen molar-refractivity contribution in [1.82, 2.24) is 15.5 Å². The Bertz CT molecular complexity index is 1170. The number of nitrogens with one attached hydrogen (secondary N) is 3. The molecule has 4 rings (SSSR count). The number of phenolic OH excluding ortho intramolecular Hbond substituents is 1. The number of imide groups is 1. The third-order valence-corrected chi connectivity index (χ3v) is 6.22. The van der Waals surface area contributed by atoms with Gasteiger partial charge in [0.15, 0.2) is 0 Å². The van der Waals surface area contributed by atoms with E-state index in [1.807, 2.05) is 24.3 Å². The Hall–Kier alpha value is -3.88. The SMILES string of the molecule is CC(C)(C)c1ccc(NC(=O)NCc2ccc3c(c2O)CN(C2CCC(=O)NC2=O)C3=O)cc1. The molecule has 0 aromatic heterocycles. The number of urea groups is 1. The molecule has 2 heterocycles. The van der Waals surface area contributed by atoms with Gasteiger partial charge < -0.3 is 20.6 Å². The first-order valence-electron chi connectivity index (χ1n) is 11.2. The normalized spacial score (nSPS) is 17.9. The maximum Gasteiger partial charge on any atom is 0.319 e. The smallest absolute Gasteiger partial charge is 0.319 e. The molecular weight excluding hydrogens is 436 g/mol.